The molecular weight excluding hydrogens is 226 g/mol. The van der Waals surface area contributed by atoms with E-state index in [1.807, 2.05) is 0 Å². The Kier molecular flexibility index (Phi) is 5.01. The molecule has 4 heteroatoms. The number of piperidine rings is 1. The fourth-order valence-corrected chi connectivity index (χ4v) is 3.09. The van der Waals surface area contributed by atoms with Crippen LogP contribution in [0.15, 0.2) is 0 Å². The summed E-state index contributed by atoms with van der Waals surface area (Å²) in [5.74, 6) is 0.859. The zero-order valence-corrected chi connectivity index (χ0v) is 11.7. The molecule has 4 nitrogen and oxygen atoms in total. The van der Waals surface area contributed by atoms with Gasteiger partial charge in [0.05, 0.1) is 5.92 Å². The molecule has 2 rings (SSSR count). The van der Waals surface area contributed by atoms with Crippen molar-refractivity contribution in [3.05, 3.63) is 0 Å². The molecule has 1 amide bonds. The lowest BCUT2D eigenvalue weighted by Crippen LogP contribution is -2.46. The predicted molar refractivity (Wildman–Crippen MR) is 73.4 cm³/mol. The molecule has 0 aromatic carbocycles. The molecule has 0 radical (unpaired) electrons. The molecule has 18 heavy (non-hydrogen) atoms. The summed E-state index contributed by atoms with van der Waals surface area (Å²) in [6, 6.07) is 0.267. The molecule has 2 saturated heterocycles. The summed E-state index contributed by atoms with van der Waals surface area (Å²) in [5.41, 5.74) is 0. The number of amides is 1. The summed E-state index contributed by atoms with van der Waals surface area (Å²) in [6.07, 6.45) is 3.98. The van der Waals surface area contributed by atoms with E-state index in [4.69, 9.17) is 0 Å². The molecular formula is C14H27N3O. The van der Waals surface area contributed by atoms with Crippen LogP contribution in [0.3, 0.4) is 0 Å². The van der Waals surface area contributed by atoms with Crippen LogP contribution in [0, 0.1) is 11.8 Å². The van der Waals surface area contributed by atoms with Gasteiger partial charge in [-0.2, -0.15) is 0 Å². The lowest BCUT2D eigenvalue weighted by Gasteiger charge is -2.30. The summed E-state index contributed by atoms with van der Waals surface area (Å²) < 4.78 is 0. The van der Waals surface area contributed by atoms with Gasteiger partial charge < -0.3 is 15.5 Å². The van der Waals surface area contributed by atoms with Gasteiger partial charge in [-0.3, -0.25) is 4.79 Å². The van der Waals surface area contributed by atoms with Crippen LogP contribution in [0.2, 0.25) is 0 Å². The van der Waals surface area contributed by atoms with Crippen molar-refractivity contribution in [3.8, 4) is 0 Å². The molecule has 3 unspecified atom stereocenters. The van der Waals surface area contributed by atoms with Crippen molar-refractivity contribution < 1.29 is 4.79 Å². The van der Waals surface area contributed by atoms with Crippen molar-refractivity contribution in [3.63, 3.8) is 0 Å². The fourth-order valence-electron chi connectivity index (χ4n) is 3.09. The van der Waals surface area contributed by atoms with E-state index in [1.54, 1.807) is 0 Å². The van der Waals surface area contributed by atoms with Gasteiger partial charge in [-0.1, -0.05) is 13.3 Å². The van der Waals surface area contributed by atoms with Crippen LogP contribution in [-0.4, -0.2) is 49.6 Å². The van der Waals surface area contributed by atoms with E-state index in [2.05, 4.69) is 29.4 Å². The largest absolute Gasteiger partial charge is 0.352 e. The van der Waals surface area contributed by atoms with Gasteiger partial charge in [0.1, 0.15) is 0 Å². The van der Waals surface area contributed by atoms with Crippen molar-refractivity contribution in [2.75, 3.05) is 32.7 Å². The monoisotopic (exact) mass is 253 g/mol. The van der Waals surface area contributed by atoms with Gasteiger partial charge in [0, 0.05) is 19.1 Å². The van der Waals surface area contributed by atoms with E-state index in [0.29, 0.717) is 5.92 Å². The van der Waals surface area contributed by atoms with Crippen molar-refractivity contribution in [2.45, 2.75) is 39.2 Å². The number of likely N-dealkylation sites (tertiary alicyclic amines) is 1. The van der Waals surface area contributed by atoms with Crippen LogP contribution in [0.4, 0.5) is 0 Å². The van der Waals surface area contributed by atoms with E-state index in [-0.39, 0.29) is 17.9 Å². The lowest BCUT2D eigenvalue weighted by molar-refractivity contribution is -0.126. The minimum atomic E-state index is 0.161. The van der Waals surface area contributed by atoms with Gasteiger partial charge in [0.2, 0.25) is 5.91 Å². The Balaban J connectivity index is 1.72. The van der Waals surface area contributed by atoms with Gasteiger partial charge >= 0.3 is 0 Å². The highest BCUT2D eigenvalue weighted by Crippen LogP contribution is 2.16. The molecule has 0 spiro atoms. The summed E-state index contributed by atoms with van der Waals surface area (Å²) in [7, 11) is 0. The third-order valence-electron chi connectivity index (χ3n) is 4.22. The molecule has 2 aliphatic heterocycles. The number of rotatable bonds is 4. The van der Waals surface area contributed by atoms with Crippen molar-refractivity contribution >= 4 is 5.91 Å². The van der Waals surface area contributed by atoms with Crippen molar-refractivity contribution in [2.24, 2.45) is 11.8 Å². The minimum absolute atomic E-state index is 0.161. The normalized spacial score (nSPS) is 31.2. The van der Waals surface area contributed by atoms with Crippen LogP contribution in [-0.2, 0) is 4.79 Å². The van der Waals surface area contributed by atoms with E-state index in [9.17, 15) is 4.79 Å². The molecule has 3 atom stereocenters. The fraction of sp³-hybridized carbons (Fsp3) is 0.929. The third kappa shape index (κ3) is 3.69. The first-order chi connectivity index (χ1) is 8.66. The van der Waals surface area contributed by atoms with Gasteiger partial charge in [0.25, 0.3) is 0 Å². The first-order valence-corrected chi connectivity index (χ1v) is 7.40. The number of carbonyl (C=O) groups is 1. The molecule has 2 aliphatic rings. The van der Waals surface area contributed by atoms with Crippen LogP contribution < -0.4 is 10.6 Å². The molecule has 0 aliphatic carbocycles. The topological polar surface area (TPSA) is 44.4 Å². The van der Waals surface area contributed by atoms with Crippen molar-refractivity contribution in [1.29, 1.82) is 0 Å². The second kappa shape index (κ2) is 6.53. The zero-order chi connectivity index (χ0) is 13.0. The standard InChI is InChI=1S/C14H27N3O/c1-11-8-15-9-13(11)14(18)16-12(2)10-17-6-4-3-5-7-17/h11-13,15H,3-10H2,1-2H3,(H,16,18). The highest BCUT2D eigenvalue weighted by atomic mass is 16.2. The summed E-state index contributed by atoms with van der Waals surface area (Å²) in [5, 5.41) is 6.47. The first kappa shape index (κ1) is 13.8. The Hall–Kier alpha value is -0.610. The minimum Gasteiger partial charge on any atom is -0.352 e. The van der Waals surface area contributed by atoms with Crippen molar-refractivity contribution in [1.82, 2.24) is 15.5 Å². The molecule has 2 N–H and O–H groups in total. The Morgan fingerprint density at radius 1 is 1.33 bits per heavy atom. The maximum atomic E-state index is 12.1. The zero-order valence-electron chi connectivity index (χ0n) is 11.7. The van der Waals surface area contributed by atoms with Crippen LogP contribution in [0.1, 0.15) is 33.1 Å². The number of carbonyl (C=O) groups excluding carboxylic acids is 1. The van der Waals surface area contributed by atoms with Gasteiger partial charge in [-0.25, -0.2) is 0 Å². The number of nitrogens with one attached hydrogen (secondary N) is 2. The SMILES string of the molecule is CC(CN1CCCCC1)NC(=O)C1CNCC1C. The Bertz CT molecular complexity index is 276. The number of hydrogen-bond acceptors (Lipinski definition) is 3. The Morgan fingerprint density at radius 2 is 2.06 bits per heavy atom. The second-order valence-corrected chi connectivity index (χ2v) is 6.01. The highest BCUT2D eigenvalue weighted by Gasteiger charge is 2.30. The van der Waals surface area contributed by atoms with E-state index in [0.717, 1.165) is 19.6 Å². The molecule has 104 valence electrons. The number of nitrogens with zero attached hydrogens (tertiary/aromatic N) is 1. The second-order valence-electron chi connectivity index (χ2n) is 6.01. The van der Waals surface area contributed by atoms with E-state index >= 15 is 0 Å². The lowest BCUT2D eigenvalue weighted by atomic mass is 9.97. The maximum Gasteiger partial charge on any atom is 0.224 e. The van der Waals surface area contributed by atoms with Crippen LogP contribution in [0.25, 0.3) is 0 Å². The average molecular weight is 253 g/mol. The summed E-state index contributed by atoms with van der Waals surface area (Å²) >= 11 is 0. The van der Waals surface area contributed by atoms with Crippen LogP contribution >= 0.6 is 0 Å². The summed E-state index contributed by atoms with van der Waals surface area (Å²) in [6.45, 7) is 9.48. The summed E-state index contributed by atoms with van der Waals surface area (Å²) in [4.78, 5) is 14.6. The van der Waals surface area contributed by atoms with E-state index in [1.165, 1.54) is 32.4 Å². The molecule has 2 heterocycles. The van der Waals surface area contributed by atoms with Crippen LogP contribution in [0.5, 0.6) is 0 Å². The quantitative estimate of drug-likeness (QED) is 0.780. The van der Waals surface area contributed by atoms with Gasteiger partial charge in [-0.15, -0.1) is 0 Å². The third-order valence-corrected chi connectivity index (χ3v) is 4.22. The van der Waals surface area contributed by atoms with Gasteiger partial charge in [-0.05, 0) is 45.3 Å². The first-order valence-electron chi connectivity index (χ1n) is 7.40. The average Bonchev–Trinajstić information content (AvgIpc) is 2.76. The molecule has 0 aromatic rings. The van der Waals surface area contributed by atoms with E-state index < -0.39 is 0 Å². The maximum absolute atomic E-state index is 12.1. The smallest absolute Gasteiger partial charge is 0.224 e. The molecule has 0 aromatic heterocycles. The molecule has 2 fully saturated rings. The molecule has 0 bridgehead atoms. The predicted octanol–water partition coefficient (Wildman–Crippen LogP) is 0.833. The van der Waals surface area contributed by atoms with Gasteiger partial charge in [0.15, 0.2) is 0 Å². The number of hydrogen-bond donors (Lipinski definition) is 2. The molecule has 0 saturated carbocycles. The highest BCUT2D eigenvalue weighted by molar-refractivity contribution is 5.79. The Labute approximate surface area is 110 Å². The Morgan fingerprint density at radius 3 is 2.67 bits per heavy atom.